The number of rotatable bonds is 3. The molecule has 2 aliphatic carbocycles. The van der Waals surface area contributed by atoms with Crippen molar-refractivity contribution in [1.82, 2.24) is 4.98 Å². The Morgan fingerprint density at radius 1 is 1.38 bits per heavy atom. The number of nitrogens with zero attached hydrogens (tertiary/aromatic N) is 2. The number of carboxylic acids is 1. The van der Waals surface area contributed by atoms with Crippen LogP contribution >= 0.6 is 0 Å². The molecule has 0 amide bonds. The second-order valence-electron chi connectivity index (χ2n) is 7.29. The Hall–Kier alpha value is -2.30. The van der Waals surface area contributed by atoms with E-state index in [1.807, 2.05) is 24.3 Å². The summed E-state index contributed by atoms with van der Waals surface area (Å²) in [6.45, 7) is 3.54. The summed E-state index contributed by atoms with van der Waals surface area (Å²) < 4.78 is 0. The maximum Gasteiger partial charge on any atom is 0.310 e. The third-order valence-electron chi connectivity index (χ3n) is 5.72. The summed E-state index contributed by atoms with van der Waals surface area (Å²) in [6.07, 6.45) is 5.03. The third kappa shape index (κ3) is 2.39. The summed E-state index contributed by atoms with van der Waals surface area (Å²) in [5, 5.41) is 19.6. The topological polar surface area (TPSA) is 73.7 Å². The normalized spacial score (nSPS) is 29.1. The van der Waals surface area contributed by atoms with E-state index in [0.717, 1.165) is 43.0 Å². The van der Waals surface area contributed by atoms with Gasteiger partial charge in [-0.2, -0.15) is 0 Å². The van der Waals surface area contributed by atoms with Crippen LogP contribution in [0.5, 0.6) is 0 Å². The summed E-state index contributed by atoms with van der Waals surface area (Å²) in [7, 11) is 0. The molecule has 24 heavy (non-hydrogen) atoms. The van der Waals surface area contributed by atoms with Crippen LogP contribution in [0.15, 0.2) is 35.6 Å². The number of piperidine rings is 1. The van der Waals surface area contributed by atoms with Crippen molar-refractivity contribution in [2.24, 2.45) is 11.3 Å². The molecule has 1 aromatic rings. The van der Waals surface area contributed by atoms with E-state index in [0.29, 0.717) is 18.6 Å². The van der Waals surface area contributed by atoms with Crippen molar-refractivity contribution in [2.75, 3.05) is 18.0 Å². The van der Waals surface area contributed by atoms with Crippen molar-refractivity contribution in [3.05, 3.63) is 41.3 Å². The molecule has 2 fully saturated rings. The molecular formula is C19H22N2O3. The lowest BCUT2D eigenvalue weighted by Gasteiger charge is -2.31. The van der Waals surface area contributed by atoms with E-state index in [4.69, 9.17) is 4.98 Å². The van der Waals surface area contributed by atoms with Gasteiger partial charge in [0.2, 0.25) is 0 Å². The van der Waals surface area contributed by atoms with Gasteiger partial charge >= 0.3 is 5.97 Å². The van der Waals surface area contributed by atoms with Gasteiger partial charge in [0.25, 0.3) is 0 Å². The molecule has 1 aromatic heterocycles. The molecule has 2 heterocycles. The molecule has 0 aromatic carbocycles. The van der Waals surface area contributed by atoms with Crippen LogP contribution in [0.2, 0.25) is 0 Å². The van der Waals surface area contributed by atoms with Gasteiger partial charge in [0.05, 0.1) is 11.1 Å². The molecule has 0 radical (unpaired) electrons. The fraction of sp³-hybridized carbons (Fsp3) is 0.474. The number of hydrogen-bond acceptors (Lipinski definition) is 4. The molecule has 4 rings (SSSR count). The predicted octanol–water partition coefficient (Wildman–Crippen LogP) is 3.39. The number of pyridine rings is 1. The predicted molar refractivity (Wildman–Crippen MR) is 91.8 cm³/mol. The third-order valence-corrected chi connectivity index (χ3v) is 5.72. The van der Waals surface area contributed by atoms with Crippen LogP contribution in [0, 0.1) is 11.3 Å². The fourth-order valence-electron chi connectivity index (χ4n) is 4.02. The van der Waals surface area contributed by atoms with E-state index in [1.165, 1.54) is 5.57 Å². The molecule has 0 bridgehead atoms. The van der Waals surface area contributed by atoms with E-state index >= 15 is 0 Å². The highest BCUT2D eigenvalue weighted by molar-refractivity contribution is 5.79. The van der Waals surface area contributed by atoms with Crippen LogP contribution in [0.3, 0.4) is 0 Å². The Morgan fingerprint density at radius 3 is 2.96 bits per heavy atom. The van der Waals surface area contributed by atoms with Crippen LogP contribution < -0.4 is 4.90 Å². The first-order valence-electron chi connectivity index (χ1n) is 8.55. The summed E-state index contributed by atoms with van der Waals surface area (Å²) >= 11 is 0. The average Bonchev–Trinajstić information content (AvgIpc) is 3.32. The number of hydrogen-bond donors (Lipinski definition) is 2. The van der Waals surface area contributed by atoms with Crippen molar-refractivity contribution in [2.45, 2.75) is 32.6 Å². The van der Waals surface area contributed by atoms with Crippen LogP contribution in [0.25, 0.3) is 5.57 Å². The number of allylic oxidation sites excluding steroid dienone is 4. The number of aromatic nitrogens is 1. The van der Waals surface area contributed by atoms with Crippen LogP contribution in [-0.4, -0.2) is 34.3 Å². The average molecular weight is 326 g/mol. The van der Waals surface area contributed by atoms with E-state index in [9.17, 15) is 15.0 Å². The van der Waals surface area contributed by atoms with Crippen molar-refractivity contribution >= 4 is 17.4 Å². The number of aliphatic hydroxyl groups excluding tert-OH is 1. The number of carboxylic acid groups (broad SMARTS) is 1. The summed E-state index contributed by atoms with van der Waals surface area (Å²) in [6, 6.07) is 5.85. The summed E-state index contributed by atoms with van der Waals surface area (Å²) in [5.41, 5.74) is 2.37. The van der Waals surface area contributed by atoms with Crippen LogP contribution in [0.1, 0.15) is 38.3 Å². The van der Waals surface area contributed by atoms with E-state index < -0.39 is 11.4 Å². The number of aliphatic carboxylic acids is 1. The van der Waals surface area contributed by atoms with Crippen molar-refractivity contribution in [1.29, 1.82) is 0 Å². The minimum Gasteiger partial charge on any atom is -0.512 e. The Balaban J connectivity index is 1.58. The lowest BCUT2D eigenvalue weighted by Crippen LogP contribution is -2.38. The first-order chi connectivity index (χ1) is 11.5. The molecule has 2 N–H and O–H groups in total. The minimum atomic E-state index is -0.647. The molecule has 1 unspecified atom stereocenters. The van der Waals surface area contributed by atoms with Gasteiger partial charge in [-0.15, -0.1) is 0 Å². The first-order valence-corrected chi connectivity index (χ1v) is 8.55. The Bertz CT molecular complexity index is 768. The Labute approximate surface area is 141 Å². The molecule has 2 atom stereocenters. The number of aliphatic hydroxyl groups is 1. The van der Waals surface area contributed by atoms with E-state index in [2.05, 4.69) is 11.8 Å². The maximum absolute atomic E-state index is 11.4. The second-order valence-corrected chi connectivity index (χ2v) is 7.29. The van der Waals surface area contributed by atoms with E-state index in [1.54, 1.807) is 0 Å². The zero-order valence-electron chi connectivity index (χ0n) is 13.8. The van der Waals surface area contributed by atoms with Gasteiger partial charge in [-0.25, -0.2) is 4.98 Å². The molecule has 0 spiro atoms. The SMILES string of the molecule is CC1=CC(c2cccc(N3CC[C@@]4(C(=O)O)CC4C3)n2)=C(O)CC1. The van der Waals surface area contributed by atoms with Gasteiger partial charge in [-0.05, 0) is 44.2 Å². The zero-order chi connectivity index (χ0) is 16.9. The maximum atomic E-state index is 11.4. The van der Waals surface area contributed by atoms with Crippen LogP contribution in [0.4, 0.5) is 5.82 Å². The molecule has 1 aliphatic heterocycles. The minimum absolute atomic E-state index is 0.235. The largest absolute Gasteiger partial charge is 0.512 e. The zero-order valence-corrected chi connectivity index (χ0v) is 13.8. The van der Waals surface area contributed by atoms with Gasteiger partial charge in [0.1, 0.15) is 11.6 Å². The van der Waals surface area contributed by atoms with Crippen molar-refractivity contribution in [3.63, 3.8) is 0 Å². The van der Waals surface area contributed by atoms with Gasteiger partial charge in [-0.1, -0.05) is 17.7 Å². The van der Waals surface area contributed by atoms with Crippen molar-refractivity contribution in [3.8, 4) is 0 Å². The highest BCUT2D eigenvalue weighted by Crippen LogP contribution is 2.58. The number of fused-ring (bicyclic) bond motifs is 1. The number of carbonyl (C=O) groups is 1. The smallest absolute Gasteiger partial charge is 0.310 e. The first kappa shape index (κ1) is 15.2. The van der Waals surface area contributed by atoms with Gasteiger partial charge in [0.15, 0.2) is 0 Å². The number of anilines is 1. The monoisotopic (exact) mass is 326 g/mol. The van der Waals surface area contributed by atoms with Gasteiger partial charge in [0, 0.05) is 25.1 Å². The fourth-order valence-corrected chi connectivity index (χ4v) is 4.02. The molecular weight excluding hydrogens is 304 g/mol. The molecule has 1 saturated carbocycles. The standard InChI is InChI=1S/C19H22N2O3/c1-12-5-6-16(22)14(9-12)15-3-2-4-17(20-15)21-8-7-19(18(23)24)10-13(19)11-21/h2-4,9,13,22H,5-8,10-11H2,1H3,(H,23,24)/t13?,19-/m1/s1. The second kappa shape index (κ2) is 5.36. The van der Waals surface area contributed by atoms with E-state index in [-0.39, 0.29) is 5.92 Å². The Morgan fingerprint density at radius 2 is 2.21 bits per heavy atom. The quantitative estimate of drug-likeness (QED) is 0.890. The van der Waals surface area contributed by atoms with Crippen molar-refractivity contribution < 1.29 is 15.0 Å². The molecule has 3 aliphatic rings. The highest BCUT2D eigenvalue weighted by Gasteiger charge is 2.62. The van der Waals surface area contributed by atoms with Gasteiger partial charge < -0.3 is 15.1 Å². The summed E-state index contributed by atoms with van der Waals surface area (Å²) in [4.78, 5) is 18.3. The molecule has 5 nitrogen and oxygen atoms in total. The molecule has 1 saturated heterocycles. The molecule has 126 valence electrons. The molecule has 5 heteroatoms. The summed E-state index contributed by atoms with van der Waals surface area (Å²) in [5.74, 6) is 0.858. The lowest BCUT2D eigenvalue weighted by atomic mass is 9.95. The highest BCUT2D eigenvalue weighted by atomic mass is 16.4. The lowest BCUT2D eigenvalue weighted by molar-refractivity contribution is -0.144. The van der Waals surface area contributed by atoms with Gasteiger partial charge in [-0.3, -0.25) is 4.79 Å². The van der Waals surface area contributed by atoms with Crippen LogP contribution in [-0.2, 0) is 4.79 Å². The Kier molecular flexibility index (Phi) is 3.41.